The Labute approximate surface area is 122 Å². The molecule has 0 amide bonds. The van der Waals surface area contributed by atoms with E-state index in [1.807, 2.05) is 19.1 Å². The SMILES string of the molecule is CCNc1ccc(S(=O)(=O)N(CC(C)C)C2CC2)cc1. The lowest BCUT2D eigenvalue weighted by Crippen LogP contribution is -2.36. The minimum absolute atomic E-state index is 0.204. The lowest BCUT2D eigenvalue weighted by Gasteiger charge is -2.23. The fourth-order valence-corrected chi connectivity index (χ4v) is 4.10. The van der Waals surface area contributed by atoms with Gasteiger partial charge < -0.3 is 5.32 Å². The van der Waals surface area contributed by atoms with E-state index in [4.69, 9.17) is 0 Å². The molecule has 112 valence electrons. The van der Waals surface area contributed by atoms with Crippen molar-refractivity contribution < 1.29 is 8.42 Å². The van der Waals surface area contributed by atoms with Crippen LogP contribution in [0, 0.1) is 5.92 Å². The van der Waals surface area contributed by atoms with Crippen molar-refractivity contribution >= 4 is 15.7 Å². The highest BCUT2D eigenvalue weighted by atomic mass is 32.2. The topological polar surface area (TPSA) is 49.4 Å². The first-order valence-electron chi connectivity index (χ1n) is 7.31. The van der Waals surface area contributed by atoms with Crippen molar-refractivity contribution in [3.05, 3.63) is 24.3 Å². The highest BCUT2D eigenvalue weighted by molar-refractivity contribution is 7.89. The van der Waals surface area contributed by atoms with Crippen LogP contribution in [-0.4, -0.2) is 31.9 Å². The van der Waals surface area contributed by atoms with Crippen LogP contribution >= 0.6 is 0 Å². The van der Waals surface area contributed by atoms with Gasteiger partial charge in [0.25, 0.3) is 0 Å². The summed E-state index contributed by atoms with van der Waals surface area (Å²) in [5, 5.41) is 3.17. The van der Waals surface area contributed by atoms with Crippen LogP contribution in [0.1, 0.15) is 33.6 Å². The van der Waals surface area contributed by atoms with E-state index in [1.165, 1.54) is 0 Å². The van der Waals surface area contributed by atoms with Crippen LogP contribution in [0.5, 0.6) is 0 Å². The highest BCUT2D eigenvalue weighted by Crippen LogP contribution is 2.33. The molecule has 0 bridgehead atoms. The molecule has 5 heteroatoms. The maximum atomic E-state index is 12.7. The first-order chi connectivity index (χ1) is 9.45. The number of hydrogen-bond donors (Lipinski definition) is 1. The Balaban J connectivity index is 2.23. The summed E-state index contributed by atoms with van der Waals surface area (Å²) in [6.45, 7) is 7.55. The van der Waals surface area contributed by atoms with Crippen LogP contribution in [0.4, 0.5) is 5.69 Å². The Hall–Kier alpha value is -1.07. The van der Waals surface area contributed by atoms with Crippen molar-refractivity contribution in [2.24, 2.45) is 5.92 Å². The van der Waals surface area contributed by atoms with E-state index in [0.29, 0.717) is 17.4 Å². The number of benzene rings is 1. The Morgan fingerprint density at radius 2 is 1.85 bits per heavy atom. The second-order valence-corrected chi connectivity index (χ2v) is 7.65. The molecule has 20 heavy (non-hydrogen) atoms. The first kappa shape index (κ1) is 15.3. The van der Waals surface area contributed by atoms with Crippen molar-refractivity contribution in [3.8, 4) is 0 Å². The molecular weight excluding hydrogens is 272 g/mol. The molecule has 1 fully saturated rings. The van der Waals surface area contributed by atoms with E-state index in [1.54, 1.807) is 16.4 Å². The van der Waals surface area contributed by atoms with Crippen LogP contribution < -0.4 is 5.32 Å². The molecule has 0 spiro atoms. The van der Waals surface area contributed by atoms with E-state index < -0.39 is 10.0 Å². The van der Waals surface area contributed by atoms with Gasteiger partial charge in [-0.15, -0.1) is 0 Å². The summed E-state index contributed by atoms with van der Waals surface area (Å²) in [5.74, 6) is 0.339. The van der Waals surface area contributed by atoms with Gasteiger partial charge in [-0.3, -0.25) is 0 Å². The monoisotopic (exact) mass is 296 g/mol. The normalized spacial score (nSPS) is 15.8. The molecule has 2 rings (SSSR count). The smallest absolute Gasteiger partial charge is 0.243 e. The molecule has 1 aliphatic rings. The molecular formula is C15H24N2O2S. The van der Waals surface area contributed by atoms with Gasteiger partial charge in [0, 0.05) is 24.8 Å². The third kappa shape index (κ3) is 3.52. The number of nitrogens with one attached hydrogen (secondary N) is 1. The van der Waals surface area contributed by atoms with Crippen LogP contribution in [0.25, 0.3) is 0 Å². The zero-order valence-electron chi connectivity index (χ0n) is 12.5. The number of hydrogen-bond acceptors (Lipinski definition) is 3. The fraction of sp³-hybridized carbons (Fsp3) is 0.600. The number of anilines is 1. The Bertz CT molecular complexity index is 533. The minimum Gasteiger partial charge on any atom is -0.385 e. The lowest BCUT2D eigenvalue weighted by molar-refractivity contribution is 0.360. The van der Waals surface area contributed by atoms with Gasteiger partial charge in [0.15, 0.2) is 0 Å². The van der Waals surface area contributed by atoms with Gasteiger partial charge in [-0.05, 0) is 49.9 Å². The summed E-state index contributed by atoms with van der Waals surface area (Å²) in [6.07, 6.45) is 1.98. The standard InChI is InChI=1S/C15H24N2O2S/c1-4-16-13-5-9-15(10-6-13)20(18,19)17(11-12(2)3)14-7-8-14/h5-6,9-10,12,14,16H,4,7-8,11H2,1-3H3. The van der Waals surface area contributed by atoms with Gasteiger partial charge in [0.05, 0.1) is 4.90 Å². The fourth-order valence-electron chi connectivity index (χ4n) is 2.25. The van der Waals surface area contributed by atoms with Crippen molar-refractivity contribution in [2.75, 3.05) is 18.4 Å². The molecule has 1 aliphatic carbocycles. The molecule has 0 heterocycles. The summed E-state index contributed by atoms with van der Waals surface area (Å²) < 4.78 is 27.1. The molecule has 1 saturated carbocycles. The zero-order valence-corrected chi connectivity index (χ0v) is 13.3. The van der Waals surface area contributed by atoms with Crippen molar-refractivity contribution in [2.45, 2.75) is 44.6 Å². The molecule has 1 N–H and O–H groups in total. The first-order valence-corrected chi connectivity index (χ1v) is 8.75. The van der Waals surface area contributed by atoms with E-state index in [2.05, 4.69) is 19.2 Å². The van der Waals surface area contributed by atoms with E-state index in [-0.39, 0.29) is 6.04 Å². The third-order valence-corrected chi connectivity index (χ3v) is 5.27. The van der Waals surface area contributed by atoms with E-state index in [0.717, 1.165) is 25.1 Å². The summed E-state index contributed by atoms with van der Waals surface area (Å²) in [5.41, 5.74) is 0.952. The van der Waals surface area contributed by atoms with E-state index in [9.17, 15) is 8.42 Å². The molecule has 1 aromatic carbocycles. The summed E-state index contributed by atoms with van der Waals surface area (Å²) in [6, 6.07) is 7.26. The number of rotatable bonds is 7. The van der Waals surface area contributed by atoms with Crippen molar-refractivity contribution in [1.29, 1.82) is 0 Å². The second-order valence-electron chi connectivity index (χ2n) is 5.75. The summed E-state index contributed by atoms with van der Waals surface area (Å²) in [4.78, 5) is 0.395. The second kappa shape index (κ2) is 6.14. The highest BCUT2D eigenvalue weighted by Gasteiger charge is 2.38. The Morgan fingerprint density at radius 1 is 1.25 bits per heavy atom. The average Bonchev–Trinajstić information content (AvgIpc) is 3.21. The molecule has 4 nitrogen and oxygen atoms in total. The van der Waals surface area contributed by atoms with Crippen LogP contribution in [0.15, 0.2) is 29.2 Å². The predicted molar refractivity (Wildman–Crippen MR) is 82.4 cm³/mol. The molecule has 0 aliphatic heterocycles. The van der Waals surface area contributed by atoms with E-state index >= 15 is 0 Å². The van der Waals surface area contributed by atoms with Crippen LogP contribution in [0.2, 0.25) is 0 Å². The summed E-state index contributed by atoms with van der Waals surface area (Å²) in [7, 11) is -3.36. The number of sulfonamides is 1. The largest absolute Gasteiger partial charge is 0.385 e. The Morgan fingerprint density at radius 3 is 2.30 bits per heavy atom. The molecule has 1 aromatic rings. The molecule has 0 radical (unpaired) electrons. The van der Waals surface area contributed by atoms with Gasteiger partial charge in [-0.25, -0.2) is 8.42 Å². The van der Waals surface area contributed by atoms with Gasteiger partial charge in [0.1, 0.15) is 0 Å². The minimum atomic E-state index is -3.36. The quantitative estimate of drug-likeness (QED) is 0.841. The van der Waals surface area contributed by atoms with Gasteiger partial charge in [-0.1, -0.05) is 13.8 Å². The maximum absolute atomic E-state index is 12.7. The van der Waals surface area contributed by atoms with Crippen LogP contribution in [0.3, 0.4) is 0 Å². The maximum Gasteiger partial charge on any atom is 0.243 e. The average molecular weight is 296 g/mol. The predicted octanol–water partition coefficient (Wildman–Crippen LogP) is 2.93. The number of nitrogens with zero attached hydrogens (tertiary/aromatic N) is 1. The molecule has 0 saturated heterocycles. The third-order valence-electron chi connectivity index (χ3n) is 3.34. The lowest BCUT2D eigenvalue weighted by atomic mass is 10.2. The van der Waals surface area contributed by atoms with Crippen LogP contribution in [-0.2, 0) is 10.0 Å². The molecule has 0 atom stereocenters. The van der Waals surface area contributed by atoms with Crippen molar-refractivity contribution in [1.82, 2.24) is 4.31 Å². The van der Waals surface area contributed by atoms with Crippen molar-refractivity contribution in [3.63, 3.8) is 0 Å². The zero-order chi connectivity index (χ0) is 14.8. The molecule has 0 aromatic heterocycles. The van der Waals surface area contributed by atoms with Gasteiger partial charge in [0.2, 0.25) is 10.0 Å². The van der Waals surface area contributed by atoms with Gasteiger partial charge >= 0.3 is 0 Å². The molecule has 0 unspecified atom stereocenters. The Kier molecular flexibility index (Phi) is 4.70. The van der Waals surface area contributed by atoms with Gasteiger partial charge in [-0.2, -0.15) is 4.31 Å². The summed E-state index contributed by atoms with van der Waals surface area (Å²) >= 11 is 0.